The number of hydroxylamine groups is 2. The first kappa shape index (κ1) is 41.5. The summed E-state index contributed by atoms with van der Waals surface area (Å²) in [6, 6.07) is 0. The molecule has 3 rings (SSSR count). The standard InChI is InChI=1S/C34H54N2O14/c37-31-7-8-32(38)36(31)50-33(39)9-11-41-13-15-43-17-19-45-21-23-47-25-26-48-24-22-46-20-18-44-16-14-42-12-10-35-34(40)49-27-30-28-5-3-1-2-4-6-29(28)30/h28-30H,3-27H2,(H,35,40)/t28-,29+,30-. The van der Waals surface area contributed by atoms with Crippen molar-refractivity contribution in [1.29, 1.82) is 0 Å². The molecule has 1 N–H and O–H groups in total. The van der Waals surface area contributed by atoms with Gasteiger partial charge in [-0.25, -0.2) is 9.59 Å². The first-order valence-corrected chi connectivity index (χ1v) is 17.6. The van der Waals surface area contributed by atoms with Crippen molar-refractivity contribution in [2.75, 3.05) is 119 Å². The molecule has 2 fully saturated rings. The van der Waals surface area contributed by atoms with Gasteiger partial charge in [-0.3, -0.25) is 9.59 Å². The lowest BCUT2D eigenvalue weighted by Gasteiger charge is -2.12. The summed E-state index contributed by atoms with van der Waals surface area (Å²) in [6.07, 6.45) is 3.79. The summed E-state index contributed by atoms with van der Waals surface area (Å²) in [5, 5.41) is 3.24. The lowest BCUT2D eigenvalue weighted by atomic mass is 10.1. The fraction of sp³-hybridized carbons (Fsp3) is 0.824. The zero-order valence-electron chi connectivity index (χ0n) is 29.1. The van der Waals surface area contributed by atoms with E-state index in [9.17, 15) is 19.2 Å². The molecule has 1 heterocycles. The second-order valence-electron chi connectivity index (χ2n) is 11.6. The zero-order chi connectivity index (χ0) is 35.5. The molecule has 0 radical (unpaired) electrons. The van der Waals surface area contributed by atoms with Gasteiger partial charge in [-0.2, -0.15) is 0 Å². The fourth-order valence-electron chi connectivity index (χ4n) is 5.33. The predicted molar refractivity (Wildman–Crippen MR) is 174 cm³/mol. The van der Waals surface area contributed by atoms with Crippen LogP contribution in [0.2, 0.25) is 0 Å². The molecular weight excluding hydrogens is 660 g/mol. The smallest absolute Gasteiger partial charge is 0.407 e. The summed E-state index contributed by atoms with van der Waals surface area (Å²) in [5.74, 6) is 6.47. The second-order valence-corrected chi connectivity index (χ2v) is 11.6. The number of fused-ring (bicyclic) bond motifs is 1. The van der Waals surface area contributed by atoms with Gasteiger partial charge in [-0.1, -0.05) is 0 Å². The number of hydrogen-bond acceptors (Lipinski definition) is 14. The Balaban J connectivity index is 0.925. The van der Waals surface area contributed by atoms with Crippen molar-refractivity contribution in [3.05, 3.63) is 0 Å². The molecule has 3 atom stereocenters. The van der Waals surface area contributed by atoms with Crippen LogP contribution >= 0.6 is 0 Å². The third-order valence-corrected chi connectivity index (χ3v) is 8.02. The van der Waals surface area contributed by atoms with Gasteiger partial charge in [0.15, 0.2) is 0 Å². The molecule has 3 aliphatic rings. The van der Waals surface area contributed by atoms with Crippen molar-refractivity contribution < 1.29 is 66.6 Å². The van der Waals surface area contributed by atoms with E-state index in [1.165, 1.54) is 0 Å². The van der Waals surface area contributed by atoms with Crippen molar-refractivity contribution in [2.24, 2.45) is 17.8 Å². The number of hydrogen-bond donors (Lipinski definition) is 1. The lowest BCUT2D eigenvalue weighted by molar-refractivity contribution is -0.198. The molecule has 16 heteroatoms. The number of carbonyl (C=O) groups excluding carboxylic acids is 4. The monoisotopic (exact) mass is 714 g/mol. The van der Waals surface area contributed by atoms with Crippen LogP contribution in [0.5, 0.6) is 0 Å². The number of nitrogens with one attached hydrogen (secondary N) is 1. The zero-order valence-corrected chi connectivity index (χ0v) is 29.1. The summed E-state index contributed by atoms with van der Waals surface area (Å²) < 4.78 is 48.8. The van der Waals surface area contributed by atoms with Crippen LogP contribution < -0.4 is 5.32 Å². The molecule has 284 valence electrons. The van der Waals surface area contributed by atoms with Crippen molar-refractivity contribution in [3.8, 4) is 11.8 Å². The third-order valence-electron chi connectivity index (χ3n) is 8.02. The van der Waals surface area contributed by atoms with Crippen LogP contribution in [0.4, 0.5) is 4.79 Å². The summed E-state index contributed by atoms with van der Waals surface area (Å²) in [5.41, 5.74) is 0. The number of ether oxygens (including phenoxy) is 9. The Morgan fingerprint density at radius 1 is 0.600 bits per heavy atom. The SMILES string of the molecule is O=C(CCOCCOCCOCCOCCOCCOCCOCCOCCNC(=O)OC[C@@H]1[C@@H]2CCC#CCC[C@@H]21)ON1C(=O)CCC1=O. The first-order chi connectivity index (χ1) is 24.6. The Kier molecular flexibility index (Phi) is 22.3. The van der Waals surface area contributed by atoms with Gasteiger partial charge >= 0.3 is 12.1 Å². The largest absolute Gasteiger partial charge is 0.449 e. The molecule has 1 aliphatic heterocycles. The molecule has 16 nitrogen and oxygen atoms in total. The Labute approximate surface area is 294 Å². The summed E-state index contributed by atoms with van der Waals surface area (Å²) in [6.45, 7) is 7.27. The van der Waals surface area contributed by atoms with Gasteiger partial charge in [0.2, 0.25) is 0 Å². The highest BCUT2D eigenvalue weighted by Gasteiger charge is 2.49. The van der Waals surface area contributed by atoms with Gasteiger partial charge < -0.3 is 52.8 Å². The average Bonchev–Trinajstić information content (AvgIpc) is 3.65. The van der Waals surface area contributed by atoms with E-state index in [1.807, 2.05) is 0 Å². The quantitative estimate of drug-likeness (QED) is 0.0640. The van der Waals surface area contributed by atoms with Gasteiger partial charge in [0.25, 0.3) is 11.8 Å². The maximum atomic E-state index is 11.9. The van der Waals surface area contributed by atoms with Gasteiger partial charge in [0.05, 0.1) is 119 Å². The number of rotatable bonds is 30. The highest BCUT2D eigenvalue weighted by molar-refractivity contribution is 6.01. The van der Waals surface area contributed by atoms with Crippen molar-refractivity contribution in [3.63, 3.8) is 0 Å². The van der Waals surface area contributed by atoms with Gasteiger partial charge in [0.1, 0.15) is 0 Å². The van der Waals surface area contributed by atoms with E-state index < -0.39 is 23.9 Å². The molecular formula is C34H54N2O14. The molecule has 3 amide bonds. The van der Waals surface area contributed by atoms with E-state index in [1.54, 1.807) is 0 Å². The van der Waals surface area contributed by atoms with Crippen molar-refractivity contribution in [1.82, 2.24) is 10.4 Å². The van der Waals surface area contributed by atoms with Crippen LogP contribution in [-0.4, -0.2) is 148 Å². The van der Waals surface area contributed by atoms with E-state index >= 15 is 0 Å². The van der Waals surface area contributed by atoms with E-state index in [0.717, 1.165) is 25.7 Å². The third kappa shape index (κ3) is 18.9. The minimum Gasteiger partial charge on any atom is -0.449 e. The topological polar surface area (TPSA) is 176 Å². The molecule has 0 aromatic carbocycles. The van der Waals surface area contributed by atoms with Crippen LogP contribution in [-0.2, 0) is 61.9 Å². The number of nitrogens with zero attached hydrogens (tertiary/aromatic N) is 1. The molecule has 0 aromatic rings. The normalized spacial score (nSPS) is 19.7. The predicted octanol–water partition coefficient (Wildman–Crippen LogP) is 1.28. The number of carbonyl (C=O) groups is 4. The highest BCUT2D eigenvalue weighted by atomic mass is 16.7. The fourth-order valence-corrected chi connectivity index (χ4v) is 5.33. The second kappa shape index (κ2) is 26.9. The van der Waals surface area contributed by atoms with Crippen molar-refractivity contribution >= 4 is 23.9 Å². The molecule has 1 saturated carbocycles. The Bertz CT molecular complexity index is 1020. The molecule has 0 spiro atoms. The lowest BCUT2D eigenvalue weighted by Crippen LogP contribution is -2.32. The molecule has 1 saturated heterocycles. The van der Waals surface area contributed by atoms with Crippen LogP contribution in [0.1, 0.15) is 44.9 Å². The highest BCUT2D eigenvalue weighted by Crippen LogP contribution is 2.52. The van der Waals surface area contributed by atoms with E-state index in [0.29, 0.717) is 128 Å². The Morgan fingerprint density at radius 3 is 1.44 bits per heavy atom. The van der Waals surface area contributed by atoms with E-state index in [-0.39, 0.29) is 32.5 Å². The van der Waals surface area contributed by atoms with Crippen LogP contribution in [0.15, 0.2) is 0 Å². The maximum Gasteiger partial charge on any atom is 0.407 e. The molecule has 50 heavy (non-hydrogen) atoms. The Morgan fingerprint density at radius 2 is 1.00 bits per heavy atom. The minimum absolute atomic E-state index is 0.0574. The Hall–Kier alpha value is -2.88. The first-order valence-electron chi connectivity index (χ1n) is 17.6. The molecule has 0 bridgehead atoms. The van der Waals surface area contributed by atoms with E-state index in [2.05, 4.69) is 17.2 Å². The van der Waals surface area contributed by atoms with Gasteiger partial charge in [-0.15, -0.1) is 16.9 Å². The van der Waals surface area contributed by atoms with Gasteiger partial charge in [0, 0.05) is 32.2 Å². The maximum absolute atomic E-state index is 11.9. The number of alkyl carbamates (subject to hydrolysis) is 1. The summed E-state index contributed by atoms with van der Waals surface area (Å²) >= 11 is 0. The summed E-state index contributed by atoms with van der Waals surface area (Å²) in [7, 11) is 0. The molecule has 0 aromatic heterocycles. The minimum atomic E-state index is -0.701. The van der Waals surface area contributed by atoms with Gasteiger partial charge in [-0.05, 0) is 30.6 Å². The molecule has 0 unspecified atom stereocenters. The average molecular weight is 715 g/mol. The number of imide groups is 1. The van der Waals surface area contributed by atoms with Crippen LogP contribution in [0.25, 0.3) is 0 Å². The molecule has 2 aliphatic carbocycles. The van der Waals surface area contributed by atoms with E-state index in [4.69, 9.17) is 47.5 Å². The number of amides is 3. The summed E-state index contributed by atoms with van der Waals surface area (Å²) in [4.78, 5) is 51.1. The van der Waals surface area contributed by atoms with Crippen LogP contribution in [0, 0.1) is 29.6 Å². The van der Waals surface area contributed by atoms with Crippen molar-refractivity contribution in [2.45, 2.75) is 44.9 Å². The van der Waals surface area contributed by atoms with Crippen LogP contribution in [0.3, 0.4) is 0 Å².